The molecule has 0 fully saturated rings. The monoisotopic (exact) mass is 312 g/mol. The summed E-state index contributed by atoms with van der Waals surface area (Å²) >= 11 is 0. The standard InChI is InChI=1S/C19H24N2O2/c1-15(21-19(23)12-16-8-4-2-5-9-16)13-20-14-18(22)17-10-6-3-7-11-17/h2-11,15,18,20,22H,12-14H2,1H3,(H,21,23)/t15-,18+/m0/s1. The summed E-state index contributed by atoms with van der Waals surface area (Å²) in [5, 5.41) is 16.2. The molecule has 1 amide bonds. The molecule has 2 aromatic rings. The number of rotatable bonds is 8. The van der Waals surface area contributed by atoms with Gasteiger partial charge < -0.3 is 15.7 Å². The van der Waals surface area contributed by atoms with Gasteiger partial charge in [0, 0.05) is 19.1 Å². The number of carbonyl (C=O) groups is 1. The maximum Gasteiger partial charge on any atom is 0.224 e. The van der Waals surface area contributed by atoms with Crippen LogP contribution in [-0.4, -0.2) is 30.1 Å². The normalized spacial score (nSPS) is 13.3. The van der Waals surface area contributed by atoms with Gasteiger partial charge in [-0.15, -0.1) is 0 Å². The topological polar surface area (TPSA) is 61.4 Å². The highest BCUT2D eigenvalue weighted by Gasteiger charge is 2.10. The first kappa shape index (κ1) is 17.2. The molecular formula is C19H24N2O2. The second kappa shape index (κ2) is 9.08. The van der Waals surface area contributed by atoms with E-state index in [-0.39, 0.29) is 11.9 Å². The predicted octanol–water partition coefficient (Wildman–Crippen LogP) is 2.06. The number of aliphatic hydroxyl groups is 1. The Hall–Kier alpha value is -2.17. The third-order valence-electron chi connectivity index (χ3n) is 3.59. The molecule has 0 heterocycles. The molecule has 0 aromatic heterocycles. The average molecular weight is 312 g/mol. The highest BCUT2D eigenvalue weighted by molar-refractivity contribution is 5.78. The van der Waals surface area contributed by atoms with Gasteiger partial charge in [0.2, 0.25) is 5.91 Å². The summed E-state index contributed by atoms with van der Waals surface area (Å²) in [7, 11) is 0. The molecule has 0 radical (unpaired) electrons. The van der Waals surface area contributed by atoms with Crippen LogP contribution in [0.2, 0.25) is 0 Å². The molecule has 0 saturated carbocycles. The van der Waals surface area contributed by atoms with Gasteiger partial charge in [0.1, 0.15) is 0 Å². The van der Waals surface area contributed by atoms with Crippen molar-refractivity contribution >= 4 is 5.91 Å². The molecule has 0 saturated heterocycles. The Bertz CT molecular complexity index is 587. The molecule has 2 atom stereocenters. The third kappa shape index (κ3) is 6.22. The zero-order valence-corrected chi connectivity index (χ0v) is 13.4. The fourth-order valence-corrected chi connectivity index (χ4v) is 2.39. The largest absolute Gasteiger partial charge is 0.387 e. The first-order chi connectivity index (χ1) is 11.1. The Morgan fingerprint density at radius 3 is 2.26 bits per heavy atom. The Morgan fingerprint density at radius 2 is 1.61 bits per heavy atom. The molecule has 0 bridgehead atoms. The van der Waals surface area contributed by atoms with E-state index in [1.54, 1.807) is 0 Å². The number of nitrogens with one attached hydrogen (secondary N) is 2. The SMILES string of the molecule is C[C@@H](CNC[C@@H](O)c1ccccc1)NC(=O)Cc1ccccc1. The molecule has 2 rings (SSSR count). The summed E-state index contributed by atoms with van der Waals surface area (Å²) in [6, 6.07) is 19.2. The van der Waals surface area contributed by atoms with E-state index in [4.69, 9.17) is 0 Å². The van der Waals surface area contributed by atoms with E-state index >= 15 is 0 Å². The molecule has 23 heavy (non-hydrogen) atoms. The van der Waals surface area contributed by atoms with Crippen LogP contribution in [0.3, 0.4) is 0 Å². The molecular weight excluding hydrogens is 288 g/mol. The second-order valence-corrected chi connectivity index (χ2v) is 5.72. The van der Waals surface area contributed by atoms with Crippen molar-refractivity contribution in [1.29, 1.82) is 0 Å². The van der Waals surface area contributed by atoms with Crippen LogP contribution in [0.1, 0.15) is 24.2 Å². The lowest BCUT2D eigenvalue weighted by atomic mass is 10.1. The van der Waals surface area contributed by atoms with Crippen molar-refractivity contribution in [2.45, 2.75) is 25.5 Å². The summed E-state index contributed by atoms with van der Waals surface area (Å²) < 4.78 is 0. The Balaban J connectivity index is 1.67. The minimum atomic E-state index is -0.538. The lowest BCUT2D eigenvalue weighted by molar-refractivity contribution is -0.121. The summed E-state index contributed by atoms with van der Waals surface area (Å²) in [4.78, 5) is 12.0. The van der Waals surface area contributed by atoms with Crippen LogP contribution in [0.25, 0.3) is 0 Å². The maximum absolute atomic E-state index is 12.0. The van der Waals surface area contributed by atoms with Crippen molar-refractivity contribution in [2.24, 2.45) is 0 Å². The lowest BCUT2D eigenvalue weighted by Gasteiger charge is -2.17. The first-order valence-corrected chi connectivity index (χ1v) is 7.92. The van der Waals surface area contributed by atoms with Gasteiger partial charge in [0.15, 0.2) is 0 Å². The second-order valence-electron chi connectivity index (χ2n) is 5.72. The summed E-state index contributed by atoms with van der Waals surface area (Å²) in [5.74, 6) is 0.00843. The van der Waals surface area contributed by atoms with Crippen molar-refractivity contribution in [1.82, 2.24) is 10.6 Å². The molecule has 4 nitrogen and oxygen atoms in total. The van der Waals surface area contributed by atoms with Gasteiger partial charge in [-0.1, -0.05) is 60.7 Å². The number of aliphatic hydroxyl groups excluding tert-OH is 1. The Labute approximate surface area is 137 Å². The van der Waals surface area contributed by atoms with Gasteiger partial charge in [-0.2, -0.15) is 0 Å². The quantitative estimate of drug-likeness (QED) is 0.699. The fourth-order valence-electron chi connectivity index (χ4n) is 2.39. The van der Waals surface area contributed by atoms with E-state index in [0.717, 1.165) is 11.1 Å². The average Bonchev–Trinajstić information content (AvgIpc) is 2.56. The number of hydrogen-bond donors (Lipinski definition) is 3. The van der Waals surface area contributed by atoms with E-state index in [2.05, 4.69) is 10.6 Å². The number of carbonyl (C=O) groups excluding carboxylic acids is 1. The van der Waals surface area contributed by atoms with Gasteiger partial charge in [0.25, 0.3) is 0 Å². The van der Waals surface area contributed by atoms with Crippen molar-refractivity contribution in [2.75, 3.05) is 13.1 Å². The number of amides is 1. The molecule has 4 heteroatoms. The smallest absolute Gasteiger partial charge is 0.224 e. The fraction of sp³-hybridized carbons (Fsp3) is 0.316. The van der Waals surface area contributed by atoms with E-state index in [1.807, 2.05) is 67.6 Å². The van der Waals surface area contributed by atoms with Crippen LogP contribution in [0, 0.1) is 0 Å². The van der Waals surface area contributed by atoms with Gasteiger partial charge in [-0.3, -0.25) is 4.79 Å². The highest BCUT2D eigenvalue weighted by atomic mass is 16.3. The maximum atomic E-state index is 12.0. The van der Waals surface area contributed by atoms with Gasteiger partial charge in [-0.25, -0.2) is 0 Å². The van der Waals surface area contributed by atoms with Crippen molar-refractivity contribution in [3.8, 4) is 0 Å². The molecule has 0 spiro atoms. The minimum Gasteiger partial charge on any atom is -0.387 e. The molecule has 0 aliphatic rings. The van der Waals surface area contributed by atoms with Crippen LogP contribution in [0.4, 0.5) is 0 Å². The Kier molecular flexibility index (Phi) is 6.78. The van der Waals surface area contributed by atoms with Crippen LogP contribution in [-0.2, 0) is 11.2 Å². The zero-order valence-electron chi connectivity index (χ0n) is 13.4. The van der Waals surface area contributed by atoms with E-state index in [9.17, 15) is 9.90 Å². The van der Waals surface area contributed by atoms with E-state index in [1.165, 1.54) is 0 Å². The highest BCUT2D eigenvalue weighted by Crippen LogP contribution is 2.10. The Morgan fingerprint density at radius 1 is 1.00 bits per heavy atom. The molecule has 0 aliphatic heterocycles. The van der Waals surface area contributed by atoms with Crippen LogP contribution >= 0.6 is 0 Å². The molecule has 0 unspecified atom stereocenters. The van der Waals surface area contributed by atoms with Crippen LogP contribution in [0.15, 0.2) is 60.7 Å². The first-order valence-electron chi connectivity index (χ1n) is 7.92. The van der Waals surface area contributed by atoms with E-state index in [0.29, 0.717) is 19.5 Å². The van der Waals surface area contributed by atoms with Crippen molar-refractivity contribution in [3.05, 3.63) is 71.8 Å². The lowest BCUT2D eigenvalue weighted by Crippen LogP contribution is -2.41. The molecule has 122 valence electrons. The van der Waals surface area contributed by atoms with Crippen molar-refractivity contribution in [3.63, 3.8) is 0 Å². The summed E-state index contributed by atoms with van der Waals surface area (Å²) in [5.41, 5.74) is 1.89. The van der Waals surface area contributed by atoms with Gasteiger partial charge >= 0.3 is 0 Å². The third-order valence-corrected chi connectivity index (χ3v) is 3.59. The summed E-state index contributed by atoms with van der Waals surface area (Å²) in [6.07, 6.45) is -0.152. The number of hydrogen-bond acceptors (Lipinski definition) is 3. The van der Waals surface area contributed by atoms with Gasteiger partial charge in [-0.05, 0) is 18.1 Å². The minimum absolute atomic E-state index is 0.00843. The molecule has 3 N–H and O–H groups in total. The van der Waals surface area contributed by atoms with Crippen molar-refractivity contribution < 1.29 is 9.90 Å². The van der Waals surface area contributed by atoms with Crippen LogP contribution < -0.4 is 10.6 Å². The predicted molar refractivity (Wildman–Crippen MR) is 92.0 cm³/mol. The zero-order chi connectivity index (χ0) is 16.5. The van der Waals surface area contributed by atoms with Gasteiger partial charge in [0.05, 0.1) is 12.5 Å². The molecule has 0 aliphatic carbocycles. The molecule has 2 aromatic carbocycles. The summed E-state index contributed by atoms with van der Waals surface area (Å²) in [6.45, 7) is 3.03. The van der Waals surface area contributed by atoms with Crippen LogP contribution in [0.5, 0.6) is 0 Å². The number of benzene rings is 2. The van der Waals surface area contributed by atoms with E-state index < -0.39 is 6.10 Å².